The van der Waals surface area contributed by atoms with Crippen LogP contribution < -0.4 is 14.9 Å². The Balaban J connectivity index is 2.05. The Morgan fingerprint density at radius 2 is 1.55 bits per heavy atom. The van der Waals surface area contributed by atoms with Gasteiger partial charge in [-0.15, -0.1) is 0 Å². The number of fused-ring (bicyclic) bond motifs is 1. The standard InChI is InChI=1S/C24H24F7N3O5S/c1-14(35)32-10-11-33-21(36)13-18-6-2-15-12-16(22(37,23(26,27)28)24(29,30)31)3-9-20(15)34(18)40(38,39)19-7-4-17(25)5-8-19/h3-5,7-9,12,18,37H,2,6,10-11,13H2,1H3,(H,32,35)(H,33,36). The minimum absolute atomic E-state index is 0.00323. The second-order valence-corrected chi connectivity index (χ2v) is 10.8. The predicted molar refractivity (Wildman–Crippen MR) is 127 cm³/mol. The highest BCUT2D eigenvalue weighted by molar-refractivity contribution is 7.92. The summed E-state index contributed by atoms with van der Waals surface area (Å²) >= 11 is 0. The van der Waals surface area contributed by atoms with E-state index in [9.17, 15) is 53.8 Å². The van der Waals surface area contributed by atoms with Gasteiger partial charge < -0.3 is 15.7 Å². The summed E-state index contributed by atoms with van der Waals surface area (Å²) in [6, 6.07) is 3.87. The van der Waals surface area contributed by atoms with Gasteiger partial charge in [0, 0.05) is 32.0 Å². The molecule has 1 aliphatic rings. The molecule has 1 aliphatic heterocycles. The Morgan fingerprint density at radius 1 is 0.975 bits per heavy atom. The van der Waals surface area contributed by atoms with E-state index < -0.39 is 62.6 Å². The minimum Gasteiger partial charge on any atom is -0.369 e. The lowest BCUT2D eigenvalue weighted by Crippen LogP contribution is -2.54. The van der Waals surface area contributed by atoms with Gasteiger partial charge in [-0.05, 0) is 48.7 Å². The van der Waals surface area contributed by atoms with Gasteiger partial charge in [-0.3, -0.25) is 13.9 Å². The first-order chi connectivity index (χ1) is 18.4. The molecule has 0 saturated heterocycles. The van der Waals surface area contributed by atoms with Crippen LogP contribution in [0.2, 0.25) is 0 Å². The van der Waals surface area contributed by atoms with Crippen LogP contribution in [0.3, 0.4) is 0 Å². The number of nitrogens with zero attached hydrogens (tertiary/aromatic N) is 1. The van der Waals surface area contributed by atoms with Gasteiger partial charge in [-0.1, -0.05) is 12.1 Å². The van der Waals surface area contributed by atoms with Crippen LogP contribution in [0.15, 0.2) is 47.4 Å². The summed E-state index contributed by atoms with van der Waals surface area (Å²) in [4.78, 5) is 23.1. The second-order valence-electron chi connectivity index (χ2n) is 9.03. The van der Waals surface area contributed by atoms with Gasteiger partial charge in [0.25, 0.3) is 15.6 Å². The monoisotopic (exact) mass is 599 g/mol. The maximum atomic E-state index is 13.6. The lowest BCUT2D eigenvalue weighted by Gasteiger charge is -2.39. The highest BCUT2D eigenvalue weighted by Gasteiger charge is 2.71. The summed E-state index contributed by atoms with van der Waals surface area (Å²) in [5.41, 5.74) is -7.33. The molecule has 0 bridgehead atoms. The van der Waals surface area contributed by atoms with Crippen molar-refractivity contribution >= 4 is 27.5 Å². The van der Waals surface area contributed by atoms with E-state index in [-0.39, 0.29) is 43.1 Å². The number of nitrogens with one attached hydrogen (secondary N) is 2. The van der Waals surface area contributed by atoms with Crippen molar-refractivity contribution in [3.8, 4) is 0 Å². The van der Waals surface area contributed by atoms with Gasteiger partial charge in [0.05, 0.1) is 16.6 Å². The van der Waals surface area contributed by atoms with Crippen molar-refractivity contribution in [1.82, 2.24) is 10.6 Å². The van der Waals surface area contributed by atoms with Crippen LogP contribution in [-0.4, -0.2) is 56.8 Å². The first-order valence-electron chi connectivity index (χ1n) is 11.7. The first kappa shape index (κ1) is 31.1. The molecule has 0 aliphatic carbocycles. The molecule has 0 aromatic heterocycles. The molecule has 0 fully saturated rings. The van der Waals surface area contributed by atoms with Crippen LogP contribution >= 0.6 is 0 Å². The van der Waals surface area contributed by atoms with Gasteiger partial charge in [0.15, 0.2) is 0 Å². The number of halogens is 7. The summed E-state index contributed by atoms with van der Waals surface area (Å²) in [5, 5.41) is 14.7. The number of carbonyl (C=O) groups is 2. The van der Waals surface area contributed by atoms with Crippen molar-refractivity contribution in [2.24, 2.45) is 0 Å². The van der Waals surface area contributed by atoms with E-state index in [1.54, 1.807) is 0 Å². The number of anilines is 1. The summed E-state index contributed by atoms with van der Waals surface area (Å²) < 4.78 is 122. The predicted octanol–water partition coefficient (Wildman–Crippen LogP) is 3.29. The average Bonchev–Trinajstić information content (AvgIpc) is 2.84. The van der Waals surface area contributed by atoms with Crippen molar-refractivity contribution in [2.75, 3.05) is 17.4 Å². The van der Waals surface area contributed by atoms with Crippen molar-refractivity contribution < 1.29 is 53.8 Å². The highest BCUT2D eigenvalue weighted by Crippen LogP contribution is 2.51. The van der Waals surface area contributed by atoms with Gasteiger partial charge in [-0.2, -0.15) is 26.3 Å². The Bertz CT molecular complexity index is 1350. The molecule has 2 amide bonds. The Hall–Kier alpha value is -3.40. The molecular weight excluding hydrogens is 575 g/mol. The van der Waals surface area contributed by atoms with Crippen LogP contribution in [0, 0.1) is 5.82 Å². The molecule has 0 radical (unpaired) electrons. The molecule has 16 heteroatoms. The van der Waals surface area contributed by atoms with Crippen LogP contribution in [0.5, 0.6) is 0 Å². The molecular formula is C24H24F7N3O5S. The van der Waals surface area contributed by atoms with Gasteiger partial charge in [-0.25, -0.2) is 12.8 Å². The lowest BCUT2D eigenvalue weighted by molar-refractivity contribution is -0.376. The molecule has 3 rings (SSSR count). The number of sulfonamides is 1. The van der Waals surface area contributed by atoms with E-state index in [0.29, 0.717) is 22.5 Å². The van der Waals surface area contributed by atoms with E-state index in [0.717, 1.165) is 24.3 Å². The van der Waals surface area contributed by atoms with E-state index in [2.05, 4.69) is 10.6 Å². The smallest absolute Gasteiger partial charge is 0.369 e. The van der Waals surface area contributed by atoms with E-state index in [1.807, 2.05) is 0 Å². The zero-order valence-corrected chi connectivity index (χ0v) is 21.6. The fraction of sp³-hybridized carbons (Fsp3) is 0.417. The zero-order valence-electron chi connectivity index (χ0n) is 20.7. The van der Waals surface area contributed by atoms with Crippen LogP contribution in [0.25, 0.3) is 0 Å². The van der Waals surface area contributed by atoms with Crippen LogP contribution in [0.4, 0.5) is 36.4 Å². The molecule has 2 aromatic rings. The van der Waals surface area contributed by atoms with Gasteiger partial charge in [0.1, 0.15) is 5.82 Å². The zero-order chi connectivity index (χ0) is 30.1. The van der Waals surface area contributed by atoms with Gasteiger partial charge >= 0.3 is 12.4 Å². The molecule has 220 valence electrons. The largest absolute Gasteiger partial charge is 0.430 e. The van der Waals surface area contributed by atoms with Crippen molar-refractivity contribution in [3.05, 3.63) is 59.4 Å². The quantitative estimate of drug-likeness (QED) is 0.318. The summed E-state index contributed by atoms with van der Waals surface area (Å²) in [5.74, 6) is -1.76. The van der Waals surface area contributed by atoms with Crippen molar-refractivity contribution in [3.63, 3.8) is 0 Å². The van der Waals surface area contributed by atoms with Crippen molar-refractivity contribution in [2.45, 2.75) is 55.1 Å². The van der Waals surface area contributed by atoms with Crippen LogP contribution in [-0.2, 0) is 31.6 Å². The fourth-order valence-electron chi connectivity index (χ4n) is 4.31. The molecule has 1 atom stereocenters. The summed E-state index contributed by atoms with van der Waals surface area (Å²) in [7, 11) is -4.61. The molecule has 2 aromatic carbocycles. The lowest BCUT2D eigenvalue weighted by atomic mass is 9.87. The topological polar surface area (TPSA) is 116 Å². The van der Waals surface area contributed by atoms with Gasteiger partial charge in [0.2, 0.25) is 11.8 Å². The average molecular weight is 600 g/mol. The van der Waals surface area contributed by atoms with Crippen molar-refractivity contribution in [1.29, 1.82) is 0 Å². The summed E-state index contributed by atoms with van der Waals surface area (Å²) in [6.45, 7) is 1.34. The van der Waals surface area contributed by atoms with E-state index in [4.69, 9.17) is 0 Å². The number of hydrogen-bond acceptors (Lipinski definition) is 5. The first-order valence-corrected chi connectivity index (χ1v) is 13.1. The third-order valence-electron chi connectivity index (χ3n) is 6.25. The third kappa shape index (κ3) is 6.16. The molecule has 1 unspecified atom stereocenters. The minimum atomic E-state index is -6.15. The SMILES string of the molecule is CC(=O)NCCNC(=O)CC1CCc2cc(C(O)(C(F)(F)F)C(F)(F)F)ccc2N1S(=O)(=O)c1ccc(F)cc1. The Morgan fingerprint density at radius 3 is 2.10 bits per heavy atom. The number of benzene rings is 2. The highest BCUT2D eigenvalue weighted by atomic mass is 32.2. The van der Waals surface area contributed by atoms with E-state index >= 15 is 0 Å². The maximum Gasteiger partial charge on any atom is 0.430 e. The number of rotatable bonds is 8. The third-order valence-corrected chi connectivity index (χ3v) is 8.13. The number of carbonyl (C=O) groups excluding carboxylic acids is 2. The van der Waals surface area contributed by atoms with E-state index in [1.165, 1.54) is 6.92 Å². The molecule has 0 spiro atoms. The molecule has 3 N–H and O–H groups in total. The maximum absolute atomic E-state index is 13.6. The molecule has 0 saturated carbocycles. The number of aliphatic hydroxyl groups is 1. The Labute approximate surface area is 224 Å². The number of hydrogen-bond donors (Lipinski definition) is 3. The second kappa shape index (κ2) is 11.2. The normalized spacial score (nSPS) is 16.3. The fourth-order valence-corrected chi connectivity index (χ4v) is 6.02. The number of aryl methyl sites for hydroxylation is 1. The number of amides is 2. The molecule has 40 heavy (non-hydrogen) atoms. The number of alkyl halides is 6. The molecule has 1 heterocycles. The summed E-state index contributed by atoms with van der Waals surface area (Å²) in [6.07, 6.45) is -13.2. The van der Waals surface area contributed by atoms with Crippen LogP contribution in [0.1, 0.15) is 30.9 Å². The Kier molecular flexibility index (Phi) is 8.74. The molecule has 8 nitrogen and oxygen atoms in total.